The van der Waals surface area contributed by atoms with Crippen LogP contribution < -0.4 is 0 Å². The Kier molecular flexibility index (Phi) is 3.91. The van der Waals surface area contributed by atoms with Crippen molar-refractivity contribution in [3.63, 3.8) is 0 Å². The summed E-state index contributed by atoms with van der Waals surface area (Å²) in [6.07, 6.45) is 3.22. The molecule has 0 aliphatic rings. The standard InChI is InChI=1S/C11H15N5O3/c1-3-19-11(18)9-10(8-6-12-7-15(8)2)16(4-5-17)14-13-9/h6-7,17H,3-5H2,1-2H3. The van der Waals surface area contributed by atoms with E-state index >= 15 is 0 Å². The molecule has 0 saturated heterocycles. The zero-order valence-corrected chi connectivity index (χ0v) is 10.8. The first-order valence-electron chi connectivity index (χ1n) is 5.87. The van der Waals surface area contributed by atoms with Gasteiger partial charge in [-0.05, 0) is 6.92 Å². The van der Waals surface area contributed by atoms with E-state index in [0.29, 0.717) is 11.4 Å². The average Bonchev–Trinajstić information content (AvgIpc) is 2.96. The van der Waals surface area contributed by atoms with E-state index in [0.717, 1.165) is 0 Å². The van der Waals surface area contributed by atoms with Crippen molar-refractivity contribution in [3.8, 4) is 11.4 Å². The first-order valence-corrected chi connectivity index (χ1v) is 5.87. The highest BCUT2D eigenvalue weighted by Gasteiger charge is 2.23. The predicted octanol–water partition coefficient (Wildman–Crippen LogP) is -0.152. The number of imidazole rings is 1. The van der Waals surface area contributed by atoms with Gasteiger partial charge < -0.3 is 14.4 Å². The molecule has 0 radical (unpaired) electrons. The van der Waals surface area contributed by atoms with Crippen molar-refractivity contribution in [2.45, 2.75) is 13.5 Å². The summed E-state index contributed by atoms with van der Waals surface area (Å²) in [5, 5.41) is 16.7. The summed E-state index contributed by atoms with van der Waals surface area (Å²) >= 11 is 0. The summed E-state index contributed by atoms with van der Waals surface area (Å²) < 4.78 is 8.16. The second-order valence-electron chi connectivity index (χ2n) is 3.84. The minimum atomic E-state index is -0.539. The molecular formula is C11H15N5O3. The number of rotatable bonds is 5. The van der Waals surface area contributed by atoms with Crippen LogP contribution in [0.5, 0.6) is 0 Å². The number of hydrogen-bond donors (Lipinski definition) is 1. The van der Waals surface area contributed by atoms with E-state index in [1.54, 1.807) is 31.1 Å². The number of aliphatic hydroxyl groups is 1. The van der Waals surface area contributed by atoms with Gasteiger partial charge in [0.2, 0.25) is 0 Å². The molecule has 0 fully saturated rings. The molecule has 2 heterocycles. The molecule has 0 saturated carbocycles. The molecule has 102 valence electrons. The van der Waals surface area contributed by atoms with Crippen LogP contribution in [0.1, 0.15) is 17.4 Å². The molecule has 0 unspecified atom stereocenters. The number of hydrogen-bond acceptors (Lipinski definition) is 6. The third-order valence-corrected chi connectivity index (χ3v) is 2.57. The summed E-state index contributed by atoms with van der Waals surface area (Å²) in [7, 11) is 1.80. The van der Waals surface area contributed by atoms with Crippen molar-refractivity contribution < 1.29 is 14.6 Å². The number of carbonyl (C=O) groups is 1. The quantitative estimate of drug-likeness (QED) is 0.755. The fourth-order valence-corrected chi connectivity index (χ4v) is 1.74. The third-order valence-electron chi connectivity index (χ3n) is 2.57. The Morgan fingerprint density at radius 3 is 2.89 bits per heavy atom. The van der Waals surface area contributed by atoms with Crippen LogP contribution in [0.3, 0.4) is 0 Å². The number of nitrogens with zero attached hydrogens (tertiary/aromatic N) is 5. The largest absolute Gasteiger partial charge is 0.461 e. The minimum Gasteiger partial charge on any atom is -0.461 e. The van der Waals surface area contributed by atoms with Gasteiger partial charge in [0, 0.05) is 7.05 Å². The first-order chi connectivity index (χ1) is 9.19. The maximum Gasteiger partial charge on any atom is 0.361 e. The topological polar surface area (TPSA) is 95.1 Å². The maximum absolute atomic E-state index is 11.9. The lowest BCUT2D eigenvalue weighted by molar-refractivity contribution is 0.0520. The van der Waals surface area contributed by atoms with Crippen LogP contribution in [0, 0.1) is 0 Å². The lowest BCUT2D eigenvalue weighted by Gasteiger charge is -2.07. The highest BCUT2D eigenvalue weighted by molar-refractivity contribution is 5.93. The third kappa shape index (κ3) is 2.48. The Hall–Kier alpha value is -2.22. The maximum atomic E-state index is 11.9. The minimum absolute atomic E-state index is 0.101. The van der Waals surface area contributed by atoms with Crippen molar-refractivity contribution in [2.75, 3.05) is 13.2 Å². The van der Waals surface area contributed by atoms with Gasteiger partial charge in [-0.25, -0.2) is 14.5 Å². The smallest absolute Gasteiger partial charge is 0.361 e. The molecule has 0 aliphatic heterocycles. The fourth-order valence-electron chi connectivity index (χ4n) is 1.74. The normalized spacial score (nSPS) is 10.7. The summed E-state index contributed by atoms with van der Waals surface area (Å²) in [5.41, 5.74) is 1.30. The van der Waals surface area contributed by atoms with Crippen molar-refractivity contribution in [1.29, 1.82) is 0 Å². The average molecular weight is 265 g/mol. The summed E-state index contributed by atoms with van der Waals surface area (Å²) in [6, 6.07) is 0. The zero-order valence-electron chi connectivity index (χ0n) is 10.8. The van der Waals surface area contributed by atoms with Crippen molar-refractivity contribution in [1.82, 2.24) is 24.5 Å². The van der Waals surface area contributed by atoms with Crippen LogP contribution in [-0.4, -0.2) is 48.8 Å². The van der Waals surface area contributed by atoms with Gasteiger partial charge in [0.15, 0.2) is 5.69 Å². The number of aromatic nitrogens is 5. The molecule has 8 nitrogen and oxygen atoms in total. The Morgan fingerprint density at radius 2 is 2.32 bits per heavy atom. The van der Waals surface area contributed by atoms with Gasteiger partial charge in [0.05, 0.1) is 38.0 Å². The first kappa shape index (κ1) is 13.2. The van der Waals surface area contributed by atoms with Gasteiger partial charge in [-0.15, -0.1) is 5.10 Å². The number of aryl methyl sites for hydroxylation is 1. The van der Waals surface area contributed by atoms with Crippen LogP contribution in [0.4, 0.5) is 0 Å². The molecule has 0 spiro atoms. The van der Waals surface area contributed by atoms with Crippen LogP contribution in [-0.2, 0) is 18.3 Å². The molecule has 19 heavy (non-hydrogen) atoms. The second kappa shape index (κ2) is 5.61. The van der Waals surface area contributed by atoms with Gasteiger partial charge in [-0.1, -0.05) is 5.21 Å². The molecule has 0 aromatic carbocycles. The van der Waals surface area contributed by atoms with E-state index in [-0.39, 0.29) is 25.5 Å². The predicted molar refractivity (Wildman–Crippen MR) is 65.3 cm³/mol. The molecule has 2 aromatic rings. The molecule has 1 N–H and O–H groups in total. The van der Waals surface area contributed by atoms with E-state index in [4.69, 9.17) is 9.84 Å². The SMILES string of the molecule is CCOC(=O)c1nnn(CCO)c1-c1cncn1C. The second-order valence-corrected chi connectivity index (χ2v) is 3.84. The monoisotopic (exact) mass is 265 g/mol. The Labute approximate surface area is 109 Å². The highest BCUT2D eigenvalue weighted by atomic mass is 16.5. The van der Waals surface area contributed by atoms with Crippen molar-refractivity contribution in [3.05, 3.63) is 18.2 Å². The molecule has 0 atom stereocenters. The number of ether oxygens (including phenoxy) is 1. The number of aliphatic hydroxyl groups excluding tert-OH is 1. The Bertz CT molecular complexity index is 575. The molecule has 0 aliphatic carbocycles. The summed E-state index contributed by atoms with van der Waals surface area (Å²) in [4.78, 5) is 15.9. The highest BCUT2D eigenvalue weighted by Crippen LogP contribution is 2.22. The number of esters is 1. The molecule has 2 aromatic heterocycles. The van der Waals surface area contributed by atoms with Crippen molar-refractivity contribution >= 4 is 5.97 Å². The van der Waals surface area contributed by atoms with Gasteiger partial charge in [-0.2, -0.15) is 0 Å². The zero-order chi connectivity index (χ0) is 13.8. The van der Waals surface area contributed by atoms with Crippen LogP contribution >= 0.6 is 0 Å². The van der Waals surface area contributed by atoms with Gasteiger partial charge in [0.1, 0.15) is 5.69 Å². The van der Waals surface area contributed by atoms with E-state index in [1.165, 1.54) is 4.68 Å². The van der Waals surface area contributed by atoms with Crippen molar-refractivity contribution in [2.24, 2.45) is 7.05 Å². The van der Waals surface area contributed by atoms with Crippen LogP contribution in [0.15, 0.2) is 12.5 Å². The van der Waals surface area contributed by atoms with E-state index in [9.17, 15) is 4.79 Å². The molecular weight excluding hydrogens is 250 g/mol. The molecule has 8 heteroatoms. The summed E-state index contributed by atoms with van der Waals surface area (Å²) in [5.74, 6) is -0.539. The van der Waals surface area contributed by atoms with E-state index in [1.807, 2.05) is 0 Å². The van der Waals surface area contributed by atoms with E-state index in [2.05, 4.69) is 15.3 Å². The Balaban J connectivity index is 2.51. The fraction of sp³-hybridized carbons (Fsp3) is 0.455. The van der Waals surface area contributed by atoms with Crippen LogP contribution in [0.2, 0.25) is 0 Å². The molecule has 0 amide bonds. The van der Waals surface area contributed by atoms with Gasteiger partial charge in [0.25, 0.3) is 0 Å². The lowest BCUT2D eigenvalue weighted by atomic mass is 10.2. The summed E-state index contributed by atoms with van der Waals surface area (Å²) in [6.45, 7) is 2.12. The lowest BCUT2D eigenvalue weighted by Crippen LogP contribution is -2.11. The van der Waals surface area contributed by atoms with Gasteiger partial charge >= 0.3 is 5.97 Å². The van der Waals surface area contributed by atoms with E-state index < -0.39 is 5.97 Å². The van der Waals surface area contributed by atoms with Crippen LogP contribution in [0.25, 0.3) is 11.4 Å². The van der Waals surface area contributed by atoms with Gasteiger partial charge in [-0.3, -0.25) is 0 Å². The molecule has 2 rings (SSSR count). The Morgan fingerprint density at radius 1 is 1.53 bits per heavy atom. The number of carbonyl (C=O) groups excluding carboxylic acids is 1. The molecule has 0 bridgehead atoms.